The summed E-state index contributed by atoms with van der Waals surface area (Å²) in [7, 11) is -3.87. The molecule has 1 aromatic rings. The molecule has 0 spiro atoms. The Bertz CT molecular complexity index is 681. The Labute approximate surface area is 145 Å². The fourth-order valence-electron chi connectivity index (χ4n) is 2.46. The summed E-state index contributed by atoms with van der Waals surface area (Å²) < 4.78 is 23.8. The molecular weight excluding hydrogens is 394 g/mol. The number of piperazine rings is 1. The van der Waals surface area contributed by atoms with Gasteiger partial charge >= 0.3 is 0 Å². The summed E-state index contributed by atoms with van der Waals surface area (Å²) in [6.45, 7) is 5.52. The Morgan fingerprint density at radius 3 is 2.64 bits per heavy atom. The van der Waals surface area contributed by atoms with E-state index in [1.54, 1.807) is 17.9 Å². The number of sulfonamides is 1. The molecule has 0 saturated carbocycles. The van der Waals surface area contributed by atoms with Crippen LogP contribution in [0.1, 0.15) is 22.8 Å². The number of carbonyl (C=O) groups excluding carboxylic acids is 1. The van der Waals surface area contributed by atoms with E-state index in [0.29, 0.717) is 28.7 Å². The third kappa shape index (κ3) is 4.20. The molecule has 1 saturated heterocycles. The van der Waals surface area contributed by atoms with Gasteiger partial charge in [0.05, 0.1) is 4.90 Å². The zero-order chi connectivity index (χ0) is 15.8. The van der Waals surface area contributed by atoms with E-state index < -0.39 is 10.0 Å². The van der Waals surface area contributed by atoms with Crippen molar-refractivity contribution < 1.29 is 13.2 Å². The average molecular weight is 413 g/mol. The molecule has 1 unspecified atom stereocenters. The largest absolute Gasteiger partial charge is 0.336 e. The molecule has 2 rings (SSSR count). The summed E-state index contributed by atoms with van der Waals surface area (Å²) in [6, 6.07) is 3.27. The van der Waals surface area contributed by atoms with Crippen molar-refractivity contribution in [2.24, 2.45) is 5.14 Å². The third-order valence-electron chi connectivity index (χ3n) is 3.52. The molecule has 0 bridgehead atoms. The van der Waals surface area contributed by atoms with Gasteiger partial charge in [-0.2, -0.15) is 0 Å². The van der Waals surface area contributed by atoms with Crippen LogP contribution in [-0.4, -0.2) is 44.9 Å². The molecule has 0 aromatic heterocycles. The van der Waals surface area contributed by atoms with E-state index in [1.807, 2.05) is 6.92 Å². The highest BCUT2D eigenvalue weighted by molar-refractivity contribution is 9.10. The maximum Gasteiger partial charge on any atom is 0.254 e. The number of benzene rings is 1. The predicted molar refractivity (Wildman–Crippen MR) is 90.9 cm³/mol. The number of nitrogens with one attached hydrogen (secondary N) is 1. The number of hydrogen-bond donors (Lipinski definition) is 2. The SMILES string of the molecule is Cc1c(C(=O)N2CCNC(C)C2)cc(Br)cc1S(N)(=O)=O.Cl. The van der Waals surface area contributed by atoms with E-state index in [1.165, 1.54) is 6.07 Å². The summed E-state index contributed by atoms with van der Waals surface area (Å²) in [6.07, 6.45) is 0. The molecule has 124 valence electrons. The average Bonchev–Trinajstić information content (AvgIpc) is 2.39. The van der Waals surface area contributed by atoms with Crippen LogP contribution in [-0.2, 0) is 10.0 Å². The lowest BCUT2D eigenvalue weighted by atomic mass is 10.1. The first-order valence-corrected chi connectivity index (χ1v) is 8.89. The Balaban J connectivity index is 0.00000242. The van der Waals surface area contributed by atoms with Crippen molar-refractivity contribution in [3.8, 4) is 0 Å². The number of halogens is 2. The Hall–Kier alpha value is -0.670. The van der Waals surface area contributed by atoms with Crippen molar-refractivity contribution in [3.05, 3.63) is 27.7 Å². The maximum absolute atomic E-state index is 12.6. The van der Waals surface area contributed by atoms with Crippen molar-refractivity contribution in [2.75, 3.05) is 19.6 Å². The van der Waals surface area contributed by atoms with Crippen LogP contribution in [0.5, 0.6) is 0 Å². The van der Waals surface area contributed by atoms with Gasteiger partial charge in [0.2, 0.25) is 10.0 Å². The molecule has 0 aliphatic carbocycles. The lowest BCUT2D eigenvalue weighted by molar-refractivity contribution is 0.0708. The summed E-state index contributed by atoms with van der Waals surface area (Å²) in [5, 5.41) is 8.47. The summed E-state index contributed by atoms with van der Waals surface area (Å²) >= 11 is 3.24. The number of hydrogen-bond acceptors (Lipinski definition) is 4. The fourth-order valence-corrected chi connectivity index (χ4v) is 3.90. The zero-order valence-electron chi connectivity index (χ0n) is 12.3. The minimum atomic E-state index is -3.87. The first-order valence-electron chi connectivity index (χ1n) is 6.55. The fraction of sp³-hybridized carbons (Fsp3) is 0.462. The Kier molecular flexibility index (Phi) is 6.40. The van der Waals surface area contributed by atoms with Gasteiger partial charge in [0.1, 0.15) is 0 Å². The minimum Gasteiger partial charge on any atom is -0.336 e. The molecule has 1 aliphatic heterocycles. The van der Waals surface area contributed by atoms with Crippen molar-refractivity contribution in [2.45, 2.75) is 24.8 Å². The van der Waals surface area contributed by atoms with Crippen LogP contribution >= 0.6 is 28.3 Å². The van der Waals surface area contributed by atoms with Gasteiger partial charge in [0, 0.05) is 35.7 Å². The molecule has 1 fully saturated rings. The number of amides is 1. The summed E-state index contributed by atoms with van der Waals surface area (Å²) in [5.74, 6) is -0.174. The Morgan fingerprint density at radius 1 is 1.45 bits per heavy atom. The quantitative estimate of drug-likeness (QED) is 0.765. The van der Waals surface area contributed by atoms with Crippen LogP contribution in [0.4, 0.5) is 0 Å². The van der Waals surface area contributed by atoms with Crippen LogP contribution in [0, 0.1) is 6.92 Å². The molecule has 1 aromatic carbocycles. The monoisotopic (exact) mass is 411 g/mol. The van der Waals surface area contributed by atoms with Gasteiger partial charge in [-0.1, -0.05) is 15.9 Å². The first kappa shape index (κ1) is 19.4. The second-order valence-electron chi connectivity index (χ2n) is 5.23. The standard InChI is InChI=1S/C13H18BrN3O3S.ClH/c1-8-7-17(4-3-16-8)13(18)11-5-10(14)6-12(9(11)2)21(15,19)20;/h5-6,8,16H,3-4,7H2,1-2H3,(H2,15,19,20);1H. The van der Waals surface area contributed by atoms with Crippen LogP contribution in [0.15, 0.2) is 21.5 Å². The second kappa shape index (κ2) is 7.27. The number of carbonyl (C=O) groups is 1. The van der Waals surface area contributed by atoms with Gasteiger partial charge in [-0.25, -0.2) is 13.6 Å². The van der Waals surface area contributed by atoms with E-state index in [4.69, 9.17) is 5.14 Å². The van der Waals surface area contributed by atoms with Crippen LogP contribution in [0.25, 0.3) is 0 Å². The lowest BCUT2D eigenvalue weighted by Crippen LogP contribution is -2.51. The van der Waals surface area contributed by atoms with E-state index in [9.17, 15) is 13.2 Å². The van der Waals surface area contributed by atoms with Crippen LogP contribution in [0.2, 0.25) is 0 Å². The van der Waals surface area contributed by atoms with Crippen molar-refractivity contribution >= 4 is 44.3 Å². The van der Waals surface area contributed by atoms with Crippen molar-refractivity contribution in [1.82, 2.24) is 10.2 Å². The van der Waals surface area contributed by atoms with Gasteiger partial charge in [0.25, 0.3) is 5.91 Å². The maximum atomic E-state index is 12.6. The van der Waals surface area contributed by atoms with Gasteiger partial charge in [-0.3, -0.25) is 4.79 Å². The summed E-state index contributed by atoms with van der Waals surface area (Å²) in [5.41, 5.74) is 0.749. The van der Waals surface area contributed by atoms with Gasteiger partial charge in [0.15, 0.2) is 0 Å². The van der Waals surface area contributed by atoms with Crippen molar-refractivity contribution in [3.63, 3.8) is 0 Å². The smallest absolute Gasteiger partial charge is 0.254 e. The number of rotatable bonds is 2. The first-order chi connectivity index (χ1) is 9.70. The van der Waals surface area contributed by atoms with Gasteiger partial charge in [-0.05, 0) is 31.5 Å². The molecule has 6 nitrogen and oxygen atoms in total. The normalized spacial score (nSPS) is 18.7. The number of nitrogens with two attached hydrogens (primary N) is 1. The van der Waals surface area contributed by atoms with Gasteiger partial charge < -0.3 is 10.2 Å². The highest BCUT2D eigenvalue weighted by atomic mass is 79.9. The van der Waals surface area contributed by atoms with Crippen molar-refractivity contribution in [1.29, 1.82) is 0 Å². The minimum absolute atomic E-state index is 0. The molecule has 1 heterocycles. The third-order valence-corrected chi connectivity index (χ3v) is 5.01. The van der Waals surface area contributed by atoms with E-state index in [2.05, 4.69) is 21.2 Å². The van der Waals surface area contributed by atoms with Crippen LogP contribution < -0.4 is 10.5 Å². The highest BCUT2D eigenvalue weighted by Gasteiger charge is 2.25. The van der Waals surface area contributed by atoms with E-state index in [0.717, 1.165) is 6.54 Å². The molecule has 1 amide bonds. The Morgan fingerprint density at radius 2 is 2.09 bits per heavy atom. The second-order valence-corrected chi connectivity index (χ2v) is 7.67. The predicted octanol–water partition coefficient (Wildman–Crippen LogP) is 1.26. The molecule has 0 radical (unpaired) electrons. The molecule has 22 heavy (non-hydrogen) atoms. The molecule has 1 atom stereocenters. The highest BCUT2D eigenvalue weighted by Crippen LogP contribution is 2.25. The molecular formula is C13H19BrClN3O3S. The van der Waals surface area contributed by atoms with Gasteiger partial charge in [-0.15, -0.1) is 12.4 Å². The van der Waals surface area contributed by atoms with E-state index >= 15 is 0 Å². The molecule has 3 N–H and O–H groups in total. The number of primary sulfonamides is 1. The summed E-state index contributed by atoms with van der Waals surface area (Å²) in [4.78, 5) is 14.3. The molecule has 1 aliphatic rings. The van der Waals surface area contributed by atoms with Crippen LogP contribution in [0.3, 0.4) is 0 Å². The van der Waals surface area contributed by atoms with E-state index in [-0.39, 0.29) is 29.3 Å². The zero-order valence-corrected chi connectivity index (χ0v) is 15.5. The lowest BCUT2D eigenvalue weighted by Gasteiger charge is -2.32. The topological polar surface area (TPSA) is 92.5 Å². The number of nitrogens with zero attached hydrogens (tertiary/aromatic N) is 1. The molecule has 9 heteroatoms.